The monoisotopic (exact) mass is 579 g/mol. The summed E-state index contributed by atoms with van der Waals surface area (Å²) in [5.74, 6) is 2.04. The van der Waals surface area contributed by atoms with E-state index in [0.717, 1.165) is 22.4 Å². The minimum absolute atomic E-state index is 0.162. The molecule has 0 amide bonds. The van der Waals surface area contributed by atoms with Crippen LogP contribution in [0, 0.1) is 5.41 Å². The van der Waals surface area contributed by atoms with Gasteiger partial charge in [-0.1, -0.05) is 30.3 Å². The number of ether oxygens (including phenoxy) is 4. The fourth-order valence-electron chi connectivity index (χ4n) is 3.61. The molecule has 218 valence electrons. The Kier molecular flexibility index (Phi) is 9.61. The maximum Gasteiger partial charge on any atom is 0.324 e. The van der Waals surface area contributed by atoms with Gasteiger partial charge in [0.15, 0.2) is 5.82 Å². The molecule has 0 N–H and O–H groups in total. The summed E-state index contributed by atoms with van der Waals surface area (Å²) in [5.41, 5.74) is 1.95. The second kappa shape index (κ2) is 13.1. The molecule has 3 aromatic heterocycles. The van der Waals surface area contributed by atoms with E-state index >= 15 is 0 Å². The number of aromatic nitrogens is 5. The van der Waals surface area contributed by atoms with Crippen molar-refractivity contribution >= 4 is 16.0 Å². The lowest BCUT2D eigenvalue weighted by molar-refractivity contribution is -0.152. The van der Waals surface area contributed by atoms with Gasteiger partial charge in [0.1, 0.15) is 13.3 Å². The van der Waals surface area contributed by atoms with Crippen LogP contribution in [0.4, 0.5) is 0 Å². The number of esters is 1. The molecule has 0 bridgehead atoms. The van der Waals surface area contributed by atoms with Crippen LogP contribution in [0.25, 0.3) is 22.5 Å². The van der Waals surface area contributed by atoms with Gasteiger partial charge in [0, 0.05) is 41.4 Å². The van der Waals surface area contributed by atoms with Gasteiger partial charge < -0.3 is 18.9 Å². The van der Waals surface area contributed by atoms with Crippen molar-refractivity contribution in [2.24, 2.45) is 5.41 Å². The number of methoxy groups -OCH3 is 1. The predicted molar refractivity (Wildman–Crippen MR) is 160 cm³/mol. The number of rotatable bonds is 13. The quantitative estimate of drug-likeness (QED) is 0.151. The van der Waals surface area contributed by atoms with Crippen molar-refractivity contribution in [1.29, 1.82) is 0 Å². The van der Waals surface area contributed by atoms with E-state index in [9.17, 15) is 4.79 Å². The van der Waals surface area contributed by atoms with E-state index in [4.69, 9.17) is 18.9 Å². The molecule has 0 fully saturated rings. The van der Waals surface area contributed by atoms with Crippen LogP contribution in [0.5, 0.6) is 17.8 Å². The number of nitrogens with zero attached hydrogens (tertiary/aromatic N) is 5. The minimum Gasteiger partial charge on any atom is -0.476 e. The molecule has 4 rings (SSSR count). The number of hydrogen-bond donors (Lipinski definition) is 0. The van der Waals surface area contributed by atoms with E-state index in [0.29, 0.717) is 30.2 Å². The molecular formula is C30H37N5O5S. The number of carbonyl (C=O) groups excluding carboxylic acids is 1. The Morgan fingerprint density at radius 2 is 1.66 bits per heavy atom. The first-order valence-corrected chi connectivity index (χ1v) is 16.1. The Morgan fingerprint density at radius 3 is 2.29 bits per heavy atom. The second-order valence-corrected chi connectivity index (χ2v) is 15.5. The van der Waals surface area contributed by atoms with Crippen molar-refractivity contribution in [3.63, 3.8) is 0 Å². The molecule has 1 aromatic carbocycles. The molecule has 0 aliphatic heterocycles. The van der Waals surface area contributed by atoms with Gasteiger partial charge in [0.05, 0.1) is 19.1 Å². The van der Waals surface area contributed by atoms with Crippen LogP contribution in [0.3, 0.4) is 0 Å². The van der Waals surface area contributed by atoms with Crippen LogP contribution in [0.1, 0.15) is 13.8 Å². The fourth-order valence-corrected chi connectivity index (χ4v) is 4.23. The highest BCUT2D eigenvalue weighted by atomic mass is 32.3. The SMILES string of the molecule is COC(=O)C(C)(C)COc1ccc(-c2ccc(-c3nc(Oc4ccccn4)n(COCCS(C)(C)C)n3)cc2)cn1. The lowest BCUT2D eigenvalue weighted by Gasteiger charge is -2.24. The molecule has 0 saturated carbocycles. The standard InChI is InChI=1S/C30H37N5O5S/c1-30(2,28(36)37-3)20-39-25-15-14-24(19-32-25)22-10-12-23(13-11-22)27-33-29(40-26-9-7-8-16-31-26)35(34-27)21-38-17-18-41(4,5)6/h7-16,19H,17-18,20-21H2,1-6H3. The maximum atomic E-state index is 11.9. The second-order valence-electron chi connectivity index (χ2n) is 10.9. The van der Waals surface area contributed by atoms with Crippen LogP contribution in [-0.2, 0) is 21.0 Å². The van der Waals surface area contributed by atoms with Gasteiger partial charge in [-0.25, -0.2) is 20.0 Å². The summed E-state index contributed by atoms with van der Waals surface area (Å²) in [5, 5.41) is 4.66. The van der Waals surface area contributed by atoms with Gasteiger partial charge >= 0.3 is 12.0 Å². The first kappa shape index (κ1) is 30.0. The summed E-state index contributed by atoms with van der Waals surface area (Å²) < 4.78 is 24.0. The Morgan fingerprint density at radius 1 is 0.927 bits per heavy atom. The topological polar surface area (TPSA) is 110 Å². The van der Waals surface area contributed by atoms with E-state index in [2.05, 4.69) is 38.8 Å². The van der Waals surface area contributed by atoms with Crippen LogP contribution in [0.2, 0.25) is 0 Å². The molecule has 0 atom stereocenters. The fraction of sp³-hybridized carbons (Fsp3) is 0.367. The van der Waals surface area contributed by atoms with Crippen molar-refractivity contribution in [3.8, 4) is 40.3 Å². The smallest absolute Gasteiger partial charge is 0.324 e. The molecule has 0 radical (unpaired) electrons. The molecule has 0 aliphatic carbocycles. The van der Waals surface area contributed by atoms with Crippen molar-refractivity contribution in [3.05, 3.63) is 67.0 Å². The maximum absolute atomic E-state index is 11.9. The highest BCUT2D eigenvalue weighted by Gasteiger charge is 2.30. The summed E-state index contributed by atoms with van der Waals surface area (Å²) in [7, 11) is 0.707. The molecule has 4 aromatic rings. The Bertz CT molecular complexity index is 1420. The first-order chi connectivity index (χ1) is 19.5. The number of carbonyl (C=O) groups is 1. The van der Waals surface area contributed by atoms with E-state index in [-0.39, 0.29) is 19.3 Å². The Hall–Kier alpha value is -3.96. The zero-order valence-electron chi connectivity index (χ0n) is 24.4. The van der Waals surface area contributed by atoms with Gasteiger partial charge in [-0.3, -0.25) is 4.79 Å². The van der Waals surface area contributed by atoms with Crippen LogP contribution < -0.4 is 9.47 Å². The van der Waals surface area contributed by atoms with Crippen LogP contribution in [0.15, 0.2) is 67.0 Å². The van der Waals surface area contributed by atoms with Crippen LogP contribution in [-0.4, -0.2) is 75.5 Å². The van der Waals surface area contributed by atoms with Crippen molar-refractivity contribution < 1.29 is 23.7 Å². The van der Waals surface area contributed by atoms with Crippen molar-refractivity contribution in [1.82, 2.24) is 24.7 Å². The number of hydrogen-bond acceptors (Lipinski definition) is 9. The van der Waals surface area contributed by atoms with E-state index in [1.54, 1.807) is 43.1 Å². The third kappa shape index (κ3) is 8.51. The van der Waals surface area contributed by atoms with Gasteiger partial charge in [-0.2, -0.15) is 9.67 Å². The first-order valence-electron chi connectivity index (χ1n) is 13.1. The predicted octanol–water partition coefficient (Wildman–Crippen LogP) is 5.44. The van der Waals surface area contributed by atoms with E-state index in [1.807, 2.05) is 42.5 Å². The van der Waals surface area contributed by atoms with Gasteiger partial charge in [-0.15, -0.1) is 5.10 Å². The van der Waals surface area contributed by atoms with Gasteiger partial charge in [0.2, 0.25) is 11.8 Å². The lowest BCUT2D eigenvalue weighted by Crippen LogP contribution is -2.32. The number of benzene rings is 1. The summed E-state index contributed by atoms with van der Waals surface area (Å²) in [6.07, 6.45) is 10.2. The van der Waals surface area contributed by atoms with Gasteiger partial charge in [-0.05, 0) is 50.3 Å². The lowest BCUT2D eigenvalue weighted by atomic mass is 9.95. The zero-order valence-corrected chi connectivity index (χ0v) is 25.2. The summed E-state index contributed by atoms with van der Waals surface area (Å²) in [4.78, 5) is 25.1. The number of pyridine rings is 2. The zero-order chi connectivity index (χ0) is 29.5. The molecule has 0 spiro atoms. The summed E-state index contributed by atoms with van der Waals surface area (Å²) >= 11 is 0. The molecule has 10 nitrogen and oxygen atoms in total. The highest BCUT2D eigenvalue weighted by molar-refractivity contribution is 8.32. The van der Waals surface area contributed by atoms with Crippen LogP contribution >= 0.6 is 10.0 Å². The summed E-state index contributed by atoms with van der Waals surface area (Å²) in [6, 6.07) is 17.3. The summed E-state index contributed by atoms with van der Waals surface area (Å²) in [6.45, 7) is 4.55. The average molecular weight is 580 g/mol. The largest absolute Gasteiger partial charge is 0.476 e. The highest BCUT2D eigenvalue weighted by Crippen LogP contribution is 2.33. The Labute approximate surface area is 242 Å². The van der Waals surface area contributed by atoms with Gasteiger partial charge in [0.25, 0.3) is 0 Å². The molecule has 0 saturated heterocycles. The Balaban J connectivity index is 1.46. The van der Waals surface area contributed by atoms with Crippen molar-refractivity contribution in [2.75, 3.05) is 44.8 Å². The van der Waals surface area contributed by atoms with E-state index < -0.39 is 15.4 Å². The third-order valence-electron chi connectivity index (χ3n) is 6.06. The molecule has 3 heterocycles. The minimum atomic E-state index is -0.770. The molecular weight excluding hydrogens is 542 g/mol. The third-order valence-corrected chi connectivity index (χ3v) is 7.45. The molecule has 11 heteroatoms. The normalized spacial score (nSPS) is 12.1. The molecule has 0 unspecified atom stereocenters. The average Bonchev–Trinajstić information content (AvgIpc) is 3.36. The van der Waals surface area contributed by atoms with E-state index in [1.165, 1.54) is 7.11 Å². The van der Waals surface area contributed by atoms with Crippen molar-refractivity contribution in [2.45, 2.75) is 20.6 Å². The molecule has 0 aliphatic rings. The molecule has 41 heavy (non-hydrogen) atoms.